The SMILES string of the molecule is CCCCNC(=NC)NCc1cccc(N2CC=CC2)c1. The predicted octanol–water partition coefficient (Wildman–Crippen LogP) is 2.53. The summed E-state index contributed by atoms with van der Waals surface area (Å²) in [5.74, 6) is 0.872. The highest BCUT2D eigenvalue weighted by Gasteiger charge is 2.07. The molecule has 1 aliphatic rings. The fourth-order valence-corrected chi connectivity index (χ4v) is 2.34. The predicted molar refractivity (Wildman–Crippen MR) is 90.9 cm³/mol. The summed E-state index contributed by atoms with van der Waals surface area (Å²) in [5, 5.41) is 6.70. The fourth-order valence-electron chi connectivity index (χ4n) is 2.34. The van der Waals surface area contributed by atoms with Crippen LogP contribution in [0.25, 0.3) is 0 Å². The number of nitrogens with one attached hydrogen (secondary N) is 2. The highest BCUT2D eigenvalue weighted by Crippen LogP contribution is 2.18. The number of rotatable bonds is 6. The van der Waals surface area contributed by atoms with E-state index < -0.39 is 0 Å². The van der Waals surface area contributed by atoms with Crippen molar-refractivity contribution in [3.63, 3.8) is 0 Å². The van der Waals surface area contributed by atoms with Crippen LogP contribution in [0.5, 0.6) is 0 Å². The van der Waals surface area contributed by atoms with E-state index in [4.69, 9.17) is 0 Å². The molecule has 1 heterocycles. The lowest BCUT2D eigenvalue weighted by Crippen LogP contribution is -2.37. The van der Waals surface area contributed by atoms with E-state index in [0.717, 1.165) is 38.6 Å². The van der Waals surface area contributed by atoms with Crippen LogP contribution in [0.4, 0.5) is 5.69 Å². The molecule has 0 radical (unpaired) electrons. The Labute approximate surface area is 128 Å². The number of benzene rings is 1. The largest absolute Gasteiger partial charge is 0.364 e. The van der Waals surface area contributed by atoms with E-state index in [1.165, 1.54) is 17.7 Å². The first-order valence-electron chi connectivity index (χ1n) is 7.77. The zero-order valence-electron chi connectivity index (χ0n) is 13.1. The van der Waals surface area contributed by atoms with Crippen molar-refractivity contribution < 1.29 is 0 Å². The highest BCUT2D eigenvalue weighted by atomic mass is 15.2. The third kappa shape index (κ3) is 4.81. The van der Waals surface area contributed by atoms with Gasteiger partial charge in [-0.3, -0.25) is 4.99 Å². The molecule has 0 aromatic heterocycles. The van der Waals surface area contributed by atoms with Gasteiger partial charge in [0.2, 0.25) is 0 Å². The normalized spacial score (nSPS) is 14.6. The minimum Gasteiger partial charge on any atom is -0.364 e. The Morgan fingerprint density at radius 1 is 1.24 bits per heavy atom. The molecule has 0 fully saturated rings. The maximum absolute atomic E-state index is 4.25. The van der Waals surface area contributed by atoms with Crippen LogP contribution in [0, 0.1) is 0 Å². The van der Waals surface area contributed by atoms with Gasteiger partial charge < -0.3 is 15.5 Å². The molecule has 0 aliphatic carbocycles. The third-order valence-electron chi connectivity index (χ3n) is 3.60. The molecule has 114 valence electrons. The zero-order chi connectivity index (χ0) is 14.9. The van der Waals surface area contributed by atoms with Gasteiger partial charge in [-0.2, -0.15) is 0 Å². The van der Waals surface area contributed by atoms with Crippen LogP contribution in [-0.4, -0.2) is 32.6 Å². The Morgan fingerprint density at radius 3 is 2.76 bits per heavy atom. The molecular weight excluding hydrogens is 260 g/mol. The van der Waals surface area contributed by atoms with Crippen molar-refractivity contribution in [2.24, 2.45) is 4.99 Å². The Kier molecular flexibility index (Phi) is 6.13. The van der Waals surface area contributed by atoms with Crippen LogP contribution >= 0.6 is 0 Å². The van der Waals surface area contributed by atoms with Gasteiger partial charge in [0.1, 0.15) is 0 Å². The molecule has 2 N–H and O–H groups in total. The summed E-state index contributed by atoms with van der Waals surface area (Å²) in [6.45, 7) is 5.97. The summed E-state index contributed by atoms with van der Waals surface area (Å²) in [4.78, 5) is 6.61. The first-order valence-corrected chi connectivity index (χ1v) is 7.77. The summed E-state index contributed by atoms with van der Waals surface area (Å²) >= 11 is 0. The standard InChI is InChI=1S/C17H26N4/c1-3-4-10-19-17(18-2)20-14-15-8-7-9-16(13-15)21-11-5-6-12-21/h5-9,13H,3-4,10-12,14H2,1-2H3,(H2,18,19,20). The maximum Gasteiger partial charge on any atom is 0.191 e. The quantitative estimate of drug-likeness (QED) is 0.365. The van der Waals surface area contributed by atoms with Crippen LogP contribution in [-0.2, 0) is 6.54 Å². The van der Waals surface area contributed by atoms with E-state index >= 15 is 0 Å². The van der Waals surface area contributed by atoms with E-state index in [0.29, 0.717) is 0 Å². The van der Waals surface area contributed by atoms with E-state index in [1.807, 2.05) is 7.05 Å². The second-order valence-corrected chi connectivity index (χ2v) is 5.25. The first kappa shape index (κ1) is 15.4. The van der Waals surface area contributed by atoms with Crippen LogP contribution in [0.3, 0.4) is 0 Å². The summed E-state index contributed by atoms with van der Waals surface area (Å²) < 4.78 is 0. The number of hydrogen-bond donors (Lipinski definition) is 2. The summed E-state index contributed by atoms with van der Waals surface area (Å²) in [6, 6.07) is 8.70. The van der Waals surface area contributed by atoms with Crippen molar-refractivity contribution in [1.82, 2.24) is 10.6 Å². The van der Waals surface area contributed by atoms with Gasteiger partial charge in [0, 0.05) is 38.9 Å². The van der Waals surface area contributed by atoms with Crippen molar-refractivity contribution in [1.29, 1.82) is 0 Å². The second-order valence-electron chi connectivity index (χ2n) is 5.25. The van der Waals surface area contributed by atoms with Gasteiger partial charge in [0.25, 0.3) is 0 Å². The number of aliphatic imine (C=N–C) groups is 1. The summed E-state index contributed by atoms with van der Waals surface area (Å²) in [7, 11) is 1.81. The minimum absolute atomic E-state index is 0.793. The molecule has 0 amide bonds. The molecule has 0 bridgehead atoms. The lowest BCUT2D eigenvalue weighted by atomic mass is 10.2. The molecule has 0 saturated carbocycles. The van der Waals surface area contributed by atoms with Gasteiger partial charge in [-0.1, -0.05) is 37.6 Å². The number of hydrogen-bond acceptors (Lipinski definition) is 2. The van der Waals surface area contributed by atoms with Crippen LogP contribution in [0.15, 0.2) is 41.4 Å². The van der Waals surface area contributed by atoms with Gasteiger partial charge in [0.15, 0.2) is 5.96 Å². The third-order valence-corrected chi connectivity index (χ3v) is 3.60. The molecule has 1 aliphatic heterocycles. The molecule has 1 aromatic carbocycles. The molecule has 0 spiro atoms. The Morgan fingerprint density at radius 2 is 2.05 bits per heavy atom. The van der Waals surface area contributed by atoms with Crippen LogP contribution in [0.2, 0.25) is 0 Å². The van der Waals surface area contributed by atoms with Crippen LogP contribution < -0.4 is 15.5 Å². The molecule has 1 aromatic rings. The number of unbranched alkanes of at least 4 members (excludes halogenated alkanes) is 1. The monoisotopic (exact) mass is 286 g/mol. The molecular formula is C17H26N4. The lowest BCUT2D eigenvalue weighted by molar-refractivity contribution is 0.729. The Hall–Kier alpha value is -1.97. The number of anilines is 1. The van der Waals surface area contributed by atoms with Crippen molar-refractivity contribution in [3.8, 4) is 0 Å². The molecule has 0 unspecified atom stereocenters. The van der Waals surface area contributed by atoms with Crippen molar-refractivity contribution in [3.05, 3.63) is 42.0 Å². The summed E-state index contributed by atoms with van der Waals surface area (Å²) in [6.07, 6.45) is 6.78. The number of guanidine groups is 1. The van der Waals surface area contributed by atoms with Crippen molar-refractivity contribution in [2.45, 2.75) is 26.3 Å². The second kappa shape index (κ2) is 8.35. The minimum atomic E-state index is 0.793. The van der Waals surface area contributed by atoms with E-state index in [2.05, 4.69) is 63.9 Å². The van der Waals surface area contributed by atoms with Crippen molar-refractivity contribution >= 4 is 11.6 Å². The smallest absolute Gasteiger partial charge is 0.191 e. The zero-order valence-corrected chi connectivity index (χ0v) is 13.1. The van der Waals surface area contributed by atoms with Gasteiger partial charge in [0.05, 0.1) is 0 Å². The average Bonchev–Trinajstić information content (AvgIpc) is 3.05. The molecule has 0 saturated heterocycles. The summed E-state index contributed by atoms with van der Waals surface area (Å²) in [5.41, 5.74) is 2.56. The molecule has 2 rings (SSSR count). The van der Waals surface area contributed by atoms with Gasteiger partial charge >= 0.3 is 0 Å². The molecule has 0 atom stereocenters. The average molecular weight is 286 g/mol. The fraction of sp³-hybridized carbons (Fsp3) is 0.471. The topological polar surface area (TPSA) is 39.7 Å². The first-order chi connectivity index (χ1) is 10.3. The van der Waals surface area contributed by atoms with E-state index in [1.54, 1.807) is 0 Å². The van der Waals surface area contributed by atoms with Gasteiger partial charge in [-0.15, -0.1) is 0 Å². The Balaban J connectivity index is 1.86. The molecule has 21 heavy (non-hydrogen) atoms. The lowest BCUT2D eigenvalue weighted by Gasteiger charge is -2.19. The number of nitrogens with zero attached hydrogens (tertiary/aromatic N) is 2. The van der Waals surface area contributed by atoms with Gasteiger partial charge in [-0.05, 0) is 24.1 Å². The highest BCUT2D eigenvalue weighted by molar-refractivity contribution is 5.79. The van der Waals surface area contributed by atoms with Crippen LogP contribution in [0.1, 0.15) is 25.3 Å². The van der Waals surface area contributed by atoms with Gasteiger partial charge in [-0.25, -0.2) is 0 Å². The van der Waals surface area contributed by atoms with E-state index in [9.17, 15) is 0 Å². The van der Waals surface area contributed by atoms with Crippen molar-refractivity contribution in [2.75, 3.05) is 31.6 Å². The maximum atomic E-state index is 4.25. The Bertz CT molecular complexity index is 485. The van der Waals surface area contributed by atoms with E-state index in [-0.39, 0.29) is 0 Å². The molecule has 4 heteroatoms. The molecule has 4 nitrogen and oxygen atoms in total.